The van der Waals surface area contributed by atoms with E-state index >= 15 is 0 Å². The topological polar surface area (TPSA) is 481 Å². The van der Waals surface area contributed by atoms with Gasteiger partial charge in [-0.3, -0.25) is 16.7 Å². The van der Waals surface area contributed by atoms with E-state index in [0.29, 0.717) is 6.42 Å². The van der Waals surface area contributed by atoms with Crippen molar-refractivity contribution in [2.75, 3.05) is 6.61 Å². The van der Waals surface area contributed by atoms with Crippen LogP contribution in [0.3, 0.4) is 0 Å². The number of carboxylic acids is 1. The van der Waals surface area contributed by atoms with E-state index in [4.69, 9.17) is 37.9 Å². The molecule has 0 aromatic rings. The number of aliphatic hydroxyl groups is 5. The molecule has 4 heterocycles. The molecule has 67 heavy (non-hydrogen) atoms. The van der Waals surface area contributed by atoms with Gasteiger partial charge >= 0.3 is 148 Å². The summed E-state index contributed by atoms with van der Waals surface area (Å²) in [7, 11) is -23.4. The monoisotopic (exact) mass is 1100 g/mol. The second-order valence-electron chi connectivity index (χ2n) is 13.9. The van der Waals surface area contributed by atoms with Crippen LogP contribution >= 0.6 is 0 Å². The molecule has 0 unspecified atom stereocenters. The van der Waals surface area contributed by atoms with Gasteiger partial charge in [-0.2, -0.15) is 0 Å². The number of aliphatic carboxylic acids is 1. The number of carbonyl (C=O) groups is 1. The Hall–Kier alpha value is 3.43. The summed E-state index contributed by atoms with van der Waals surface area (Å²) in [4.78, 5) is 11.8. The molecule has 0 aromatic heterocycles. The third-order valence-electron chi connectivity index (χ3n) is 9.31. The summed E-state index contributed by atoms with van der Waals surface area (Å²) in [5, 5.41) is 65.9. The van der Waals surface area contributed by atoms with E-state index in [9.17, 15) is 87.3 Å². The van der Waals surface area contributed by atoms with Crippen LogP contribution in [0.15, 0.2) is 0 Å². The van der Waals surface area contributed by atoms with Crippen molar-refractivity contribution >= 4 is 47.6 Å². The Morgan fingerprint density at radius 3 is 1.24 bits per heavy atom. The summed E-state index contributed by atoms with van der Waals surface area (Å²) >= 11 is 0. The molecule has 0 spiro atoms. The Kier molecular flexibility index (Phi) is 32.3. The molecule has 31 nitrogen and oxygen atoms in total. The summed E-state index contributed by atoms with van der Waals surface area (Å²) in [6, 6.07) is 0. The first-order valence-electron chi connectivity index (χ1n) is 17.7. The average Bonchev–Trinajstić information content (AvgIpc) is 3.11. The maximum absolute atomic E-state index is 12.1. The Balaban J connectivity index is 0. The van der Waals surface area contributed by atoms with Crippen molar-refractivity contribution < 1.29 is 290 Å². The number of hydrogen-bond donors (Lipinski definition) is 5. The van der Waals surface area contributed by atoms with Gasteiger partial charge in [-0.25, -0.2) is 33.7 Å². The summed E-state index contributed by atoms with van der Waals surface area (Å²) in [6.07, 6.45) is -46.5. The van der Waals surface area contributed by atoms with Crippen molar-refractivity contribution in [2.24, 2.45) is 0 Å². The van der Waals surface area contributed by atoms with Crippen LogP contribution in [0.5, 0.6) is 0 Å². The predicted octanol–water partition coefficient (Wildman–Crippen LogP) is -23.5. The van der Waals surface area contributed by atoms with Gasteiger partial charge in [0.1, 0.15) is 79.4 Å². The normalized spacial score (nSPS) is 39.5. The van der Waals surface area contributed by atoms with E-state index in [-0.39, 0.29) is 154 Å². The number of hydrogen-bond acceptors (Lipinski definition) is 31. The van der Waals surface area contributed by atoms with Gasteiger partial charge in [0.2, 0.25) is 41.6 Å². The Morgan fingerprint density at radius 1 is 0.463 bits per heavy atom. The second-order valence-corrected chi connectivity index (χ2v) is 17.9. The van der Waals surface area contributed by atoms with Crippen LogP contribution in [0.2, 0.25) is 0 Å². The van der Waals surface area contributed by atoms with Crippen molar-refractivity contribution in [2.45, 2.75) is 157 Å². The molecule has 4 fully saturated rings. The fourth-order valence-electron chi connectivity index (χ4n) is 6.67. The van der Waals surface area contributed by atoms with Gasteiger partial charge in [0.05, 0.1) is 24.3 Å². The van der Waals surface area contributed by atoms with Crippen LogP contribution in [0.1, 0.15) is 34.1 Å². The molecular weight excluding hydrogens is 1060 g/mol. The van der Waals surface area contributed by atoms with Crippen molar-refractivity contribution in [3.63, 3.8) is 0 Å². The quantitative estimate of drug-likeness (QED) is 0.0483. The van der Waals surface area contributed by atoms with Gasteiger partial charge in [0.15, 0.2) is 25.2 Å². The molecule has 0 saturated carbocycles. The molecule has 0 radical (unpaired) electrons. The van der Waals surface area contributed by atoms with Gasteiger partial charge < -0.3 is 91.5 Å². The zero-order chi connectivity index (χ0) is 47.0. The van der Waals surface area contributed by atoms with E-state index in [1.807, 2.05) is 0 Å². The molecule has 364 valence electrons. The van der Waals surface area contributed by atoms with Crippen LogP contribution in [0.4, 0.5) is 0 Å². The van der Waals surface area contributed by atoms with E-state index in [0.717, 1.165) is 20.8 Å². The largest absolute Gasteiger partial charge is 1.00 e. The molecule has 40 heteroatoms. The third kappa shape index (κ3) is 20.7. The van der Waals surface area contributed by atoms with Crippen LogP contribution in [0.25, 0.3) is 0 Å². The van der Waals surface area contributed by atoms with Crippen molar-refractivity contribution in [3.05, 3.63) is 0 Å². The Labute approximate surface area is 494 Å². The molecular formula is C27H41Na5O31S4. The van der Waals surface area contributed by atoms with Crippen LogP contribution < -0.4 is 153 Å². The van der Waals surface area contributed by atoms with Crippen molar-refractivity contribution in [3.8, 4) is 0 Å². The minimum absolute atomic E-state index is 0. The average molecular weight is 1100 g/mol. The minimum Gasteiger partial charge on any atom is -0.726 e. The summed E-state index contributed by atoms with van der Waals surface area (Å²) < 4.78 is 203. The standard InChI is InChI=1S/C27H46O31S4.5Na/c1-5-6-47-24-13(31)18(15(7(2)48-24)55-59(35,36)37)51-27-22(54-25-12(30)10(28)11(29)20(52-25)23(33)34)21(17(9(4)50-27)57-61(41,42)43)53-26-14(32)19(58-62(44,45)46)16(8(3)49-26)56-60(38,39)40;;;;;/h7-22,24-32H,5-6H2,1-4H3,(H,33,34)(H,35,36,37)(H,38,39,40)(H,41,42,43)(H,44,45,46);;;;;/q;5*+1/p-5/t7-,8-,9-,10+,11+,12-,13-,14-,15+,16+,17+,18-,19-,20+,21+,22-,24+,25-,26-,27-;;;;;/m1...../s1. The molecule has 4 aliphatic rings. The number of carbonyl (C=O) groups excluding carboxylic acids is 1. The zero-order valence-corrected chi connectivity index (χ0v) is 50.2. The van der Waals surface area contributed by atoms with Crippen molar-refractivity contribution in [1.82, 2.24) is 0 Å². The molecule has 20 atom stereocenters. The molecule has 4 rings (SSSR count). The first-order valence-corrected chi connectivity index (χ1v) is 23.0. The van der Waals surface area contributed by atoms with Gasteiger partial charge in [-0.15, -0.1) is 0 Å². The van der Waals surface area contributed by atoms with Gasteiger partial charge in [-0.1, -0.05) is 6.92 Å². The predicted molar refractivity (Wildman–Crippen MR) is 176 cm³/mol. The number of carboxylic acid groups (broad SMARTS) is 1. The van der Waals surface area contributed by atoms with E-state index in [1.54, 1.807) is 6.92 Å². The third-order valence-corrected chi connectivity index (χ3v) is 11.1. The number of aliphatic hydroxyl groups excluding tert-OH is 5. The van der Waals surface area contributed by atoms with E-state index in [1.165, 1.54) is 0 Å². The molecule has 0 bridgehead atoms. The summed E-state index contributed by atoms with van der Waals surface area (Å²) in [5.74, 6) is -2.23. The van der Waals surface area contributed by atoms with Crippen LogP contribution in [0, 0.1) is 0 Å². The number of rotatable bonds is 18. The van der Waals surface area contributed by atoms with Gasteiger partial charge in [0.25, 0.3) is 0 Å². The summed E-state index contributed by atoms with van der Waals surface area (Å²) in [5.41, 5.74) is 0. The fraction of sp³-hybridized carbons (Fsp3) is 0.963. The first kappa shape index (κ1) is 72.5. The van der Waals surface area contributed by atoms with Crippen LogP contribution in [-0.4, -0.2) is 213 Å². The molecule has 4 saturated heterocycles. The van der Waals surface area contributed by atoms with Crippen molar-refractivity contribution in [1.29, 1.82) is 0 Å². The molecule has 4 aliphatic heterocycles. The van der Waals surface area contributed by atoms with E-state index in [2.05, 4.69) is 16.7 Å². The maximum atomic E-state index is 12.1. The van der Waals surface area contributed by atoms with E-state index < -0.39 is 170 Å². The Bertz CT molecular complexity index is 1990. The van der Waals surface area contributed by atoms with Gasteiger partial charge in [0, 0.05) is 6.61 Å². The number of ether oxygens (including phenoxy) is 8. The molecule has 0 aliphatic carbocycles. The maximum Gasteiger partial charge on any atom is 1.00 e. The van der Waals surface area contributed by atoms with Gasteiger partial charge in [-0.05, 0) is 27.2 Å². The zero-order valence-electron chi connectivity index (χ0n) is 36.9. The molecule has 0 amide bonds. The minimum atomic E-state index is -5.96. The molecule has 5 N–H and O–H groups in total. The summed E-state index contributed by atoms with van der Waals surface area (Å²) in [6.45, 7) is 4.38. The van der Waals surface area contributed by atoms with Crippen LogP contribution in [-0.2, 0) is 101 Å². The smallest absolute Gasteiger partial charge is 0.726 e. The Morgan fingerprint density at radius 2 is 0.806 bits per heavy atom. The first-order chi connectivity index (χ1) is 28.3. The SMILES string of the molecule is CCCO[C@H]1O[C@H](C)[C@H](OS(=O)(=O)[O-])[C@H](O[C@H]2O[C@H](C)[C@H](OS(=O)(=O)[O-])[C@H](O[C@H]3O[C@H](C)[C@H](OS(=O)(=O)[O-])[C@H](OS(=O)(=O)[O-])[C@H]3O)[C@H]2O[C@H]2O[C@H](C(=O)[O-])[C@@H](O)[C@H](O)[C@H]2O)[C@H]1O.[Na+].[Na+].[Na+].[Na+].[Na+]. The fourth-order valence-corrected chi connectivity index (χ4v) is 8.78. The second kappa shape index (κ2) is 29.8. The molecule has 0 aromatic carbocycles.